The van der Waals surface area contributed by atoms with E-state index >= 15 is 0 Å². The second-order valence-corrected chi connectivity index (χ2v) is 6.86. The van der Waals surface area contributed by atoms with Crippen LogP contribution in [0.1, 0.15) is 44.3 Å². The average molecular weight is 342 g/mol. The van der Waals surface area contributed by atoms with E-state index in [1.165, 1.54) is 12.8 Å². The van der Waals surface area contributed by atoms with Crippen molar-refractivity contribution in [2.24, 2.45) is 5.73 Å². The molecule has 6 heteroatoms. The fourth-order valence-corrected chi connectivity index (χ4v) is 4.01. The second kappa shape index (κ2) is 5.34. The van der Waals surface area contributed by atoms with E-state index in [0.717, 1.165) is 35.0 Å². The minimum Gasteiger partial charge on any atom is -0.333 e. The van der Waals surface area contributed by atoms with Gasteiger partial charge >= 0.3 is 0 Å². The Balaban J connectivity index is 1.90. The fourth-order valence-electron chi connectivity index (χ4n) is 2.55. The molecule has 1 aliphatic rings. The van der Waals surface area contributed by atoms with Crippen LogP contribution in [0.2, 0.25) is 0 Å². The van der Waals surface area contributed by atoms with Crippen molar-refractivity contribution in [1.82, 2.24) is 10.1 Å². The molecule has 1 saturated carbocycles. The largest absolute Gasteiger partial charge is 0.333 e. The molecule has 1 fully saturated rings. The van der Waals surface area contributed by atoms with E-state index in [1.807, 2.05) is 11.4 Å². The number of nitrogens with two attached hydrogens (primary N) is 1. The molecule has 0 atom stereocenters. The molecule has 0 radical (unpaired) electrons. The van der Waals surface area contributed by atoms with Crippen LogP contribution in [0.3, 0.4) is 0 Å². The maximum Gasteiger partial charge on any atom is 0.269 e. The number of hydrogen-bond acceptors (Lipinski definition) is 5. The summed E-state index contributed by atoms with van der Waals surface area (Å²) < 4.78 is 6.37. The highest BCUT2D eigenvalue weighted by atomic mass is 79.9. The van der Waals surface area contributed by atoms with Crippen LogP contribution < -0.4 is 5.73 Å². The van der Waals surface area contributed by atoms with Crippen molar-refractivity contribution in [2.75, 3.05) is 0 Å². The third-order valence-electron chi connectivity index (χ3n) is 3.68. The van der Waals surface area contributed by atoms with E-state index in [2.05, 4.69) is 26.1 Å². The average Bonchev–Trinajstić information content (AvgIpc) is 2.97. The quantitative estimate of drug-likeness (QED) is 0.836. The minimum absolute atomic E-state index is 0.415. The molecular weight excluding hydrogens is 326 g/mol. The predicted molar refractivity (Wildman–Crippen MR) is 78.9 cm³/mol. The molecule has 1 aliphatic carbocycles. The minimum atomic E-state index is -0.415. The summed E-state index contributed by atoms with van der Waals surface area (Å²) >= 11 is 5.07. The van der Waals surface area contributed by atoms with Crippen molar-refractivity contribution >= 4 is 27.3 Å². The first-order valence-electron chi connectivity index (χ1n) is 6.55. The van der Waals surface area contributed by atoms with Crippen molar-refractivity contribution in [3.05, 3.63) is 21.7 Å². The summed E-state index contributed by atoms with van der Waals surface area (Å²) in [4.78, 5) is 5.50. The molecule has 2 aromatic heterocycles. The molecule has 0 aromatic carbocycles. The van der Waals surface area contributed by atoms with Crippen LogP contribution in [-0.2, 0) is 5.54 Å². The van der Waals surface area contributed by atoms with Gasteiger partial charge in [-0.25, -0.2) is 0 Å². The lowest BCUT2D eigenvalue weighted by molar-refractivity contribution is 0.334. The van der Waals surface area contributed by atoms with Gasteiger partial charge in [-0.2, -0.15) is 4.98 Å². The topological polar surface area (TPSA) is 64.9 Å². The zero-order chi connectivity index (χ0) is 13.3. The third-order valence-corrected chi connectivity index (χ3v) is 5.50. The van der Waals surface area contributed by atoms with E-state index in [0.29, 0.717) is 11.7 Å². The van der Waals surface area contributed by atoms with E-state index in [-0.39, 0.29) is 0 Å². The van der Waals surface area contributed by atoms with Crippen molar-refractivity contribution < 1.29 is 4.52 Å². The van der Waals surface area contributed by atoms with Gasteiger partial charge in [-0.3, -0.25) is 0 Å². The van der Waals surface area contributed by atoms with Gasteiger partial charge in [0.25, 0.3) is 5.89 Å². The van der Waals surface area contributed by atoms with Gasteiger partial charge in [0.05, 0.1) is 5.54 Å². The molecule has 0 aliphatic heterocycles. The number of rotatable bonds is 2. The zero-order valence-electron chi connectivity index (χ0n) is 10.6. The lowest BCUT2D eigenvalue weighted by Gasteiger charge is -2.23. The predicted octanol–water partition coefficient (Wildman–Crippen LogP) is 4.07. The number of halogens is 1. The highest BCUT2D eigenvalue weighted by Gasteiger charge is 2.33. The van der Waals surface area contributed by atoms with Crippen LogP contribution in [-0.4, -0.2) is 10.1 Å². The normalized spacial score (nSPS) is 19.3. The van der Waals surface area contributed by atoms with Crippen LogP contribution in [0.15, 0.2) is 20.4 Å². The van der Waals surface area contributed by atoms with Gasteiger partial charge in [-0.15, -0.1) is 11.3 Å². The Morgan fingerprint density at radius 3 is 2.63 bits per heavy atom. The fraction of sp³-hybridized carbons (Fsp3) is 0.538. The highest BCUT2D eigenvalue weighted by Crippen LogP contribution is 2.36. The molecule has 102 valence electrons. The molecule has 19 heavy (non-hydrogen) atoms. The van der Waals surface area contributed by atoms with E-state index in [4.69, 9.17) is 10.3 Å². The van der Waals surface area contributed by atoms with Gasteiger partial charge < -0.3 is 10.3 Å². The molecule has 0 amide bonds. The van der Waals surface area contributed by atoms with Crippen LogP contribution in [0, 0.1) is 0 Å². The van der Waals surface area contributed by atoms with Crippen molar-refractivity contribution in [3.8, 4) is 10.8 Å². The molecule has 0 bridgehead atoms. The van der Waals surface area contributed by atoms with Gasteiger partial charge in [0.1, 0.15) is 4.88 Å². The summed E-state index contributed by atoms with van der Waals surface area (Å²) in [5, 5.41) is 6.12. The number of thiophene rings is 1. The summed E-state index contributed by atoms with van der Waals surface area (Å²) in [5.74, 6) is 1.22. The lowest BCUT2D eigenvalue weighted by atomic mass is 9.91. The molecule has 2 heterocycles. The molecule has 2 N–H and O–H groups in total. The summed E-state index contributed by atoms with van der Waals surface area (Å²) in [5.41, 5.74) is 6.08. The molecule has 0 spiro atoms. The molecule has 0 unspecified atom stereocenters. The van der Waals surface area contributed by atoms with Crippen LogP contribution in [0.5, 0.6) is 0 Å². The summed E-state index contributed by atoms with van der Waals surface area (Å²) in [7, 11) is 0. The first kappa shape index (κ1) is 13.3. The Hall–Kier alpha value is -0.720. The molecule has 2 aromatic rings. The van der Waals surface area contributed by atoms with E-state index in [1.54, 1.807) is 11.3 Å². The molecule has 3 rings (SSSR count). The maximum atomic E-state index is 6.49. The molecular formula is C13H16BrN3OS. The van der Waals surface area contributed by atoms with E-state index in [9.17, 15) is 0 Å². The Bertz CT molecular complexity index is 558. The van der Waals surface area contributed by atoms with Gasteiger partial charge in [0.2, 0.25) is 0 Å². The number of nitrogens with zero attached hydrogens (tertiary/aromatic N) is 2. The maximum absolute atomic E-state index is 6.49. The number of hydrogen-bond donors (Lipinski definition) is 1. The van der Waals surface area contributed by atoms with Crippen molar-refractivity contribution in [1.29, 1.82) is 0 Å². The van der Waals surface area contributed by atoms with Gasteiger partial charge in [0.15, 0.2) is 5.82 Å². The van der Waals surface area contributed by atoms with Gasteiger partial charge in [-0.05, 0) is 40.2 Å². The van der Waals surface area contributed by atoms with Crippen LogP contribution >= 0.6 is 27.3 Å². The summed E-state index contributed by atoms with van der Waals surface area (Å²) in [6.45, 7) is 0. The summed E-state index contributed by atoms with van der Waals surface area (Å²) in [6, 6.07) is 1.98. The van der Waals surface area contributed by atoms with Crippen LogP contribution in [0.25, 0.3) is 10.8 Å². The van der Waals surface area contributed by atoms with Crippen molar-refractivity contribution in [3.63, 3.8) is 0 Å². The van der Waals surface area contributed by atoms with Crippen LogP contribution in [0.4, 0.5) is 0 Å². The SMILES string of the molecule is NC1(c2noc(-c3sccc3Br)n2)CCCCCC1. The van der Waals surface area contributed by atoms with Gasteiger partial charge in [-0.1, -0.05) is 30.8 Å². The van der Waals surface area contributed by atoms with Crippen molar-refractivity contribution in [2.45, 2.75) is 44.1 Å². The number of aromatic nitrogens is 2. The molecule has 0 saturated heterocycles. The smallest absolute Gasteiger partial charge is 0.269 e. The zero-order valence-corrected chi connectivity index (χ0v) is 13.0. The third kappa shape index (κ3) is 2.61. The first-order chi connectivity index (χ1) is 9.19. The highest BCUT2D eigenvalue weighted by molar-refractivity contribution is 9.10. The first-order valence-corrected chi connectivity index (χ1v) is 8.23. The molecule has 4 nitrogen and oxygen atoms in total. The Kier molecular flexibility index (Phi) is 3.73. The second-order valence-electron chi connectivity index (χ2n) is 5.09. The Morgan fingerprint density at radius 1 is 1.26 bits per heavy atom. The van der Waals surface area contributed by atoms with Gasteiger partial charge in [0, 0.05) is 4.47 Å². The monoisotopic (exact) mass is 341 g/mol. The van der Waals surface area contributed by atoms with E-state index < -0.39 is 5.54 Å². The standard InChI is InChI=1S/C13H16BrN3OS/c14-9-5-8-19-10(9)11-16-12(17-18-11)13(15)6-3-1-2-4-7-13/h5,8H,1-4,6-7,15H2. The Labute approximate surface area is 124 Å². The Morgan fingerprint density at radius 2 is 2.00 bits per heavy atom. The lowest BCUT2D eigenvalue weighted by Crippen LogP contribution is -2.37. The summed E-state index contributed by atoms with van der Waals surface area (Å²) in [6.07, 6.45) is 6.67.